The van der Waals surface area contributed by atoms with Gasteiger partial charge < -0.3 is 14.5 Å². The van der Waals surface area contributed by atoms with Crippen molar-refractivity contribution in [2.75, 3.05) is 31.1 Å². The van der Waals surface area contributed by atoms with E-state index < -0.39 is 6.10 Å². The minimum Gasteiger partial charge on any atom is -0.480 e. The molecular formula is C20H20N4O2. The zero-order chi connectivity index (χ0) is 17.9. The Bertz CT molecular complexity index is 836. The Morgan fingerprint density at radius 3 is 2.88 bits per heavy atom. The maximum Gasteiger partial charge on any atom is 0.264 e. The molecule has 2 aliphatic rings. The molecule has 1 amide bonds. The average Bonchev–Trinajstić information content (AvgIpc) is 2.97. The van der Waals surface area contributed by atoms with Gasteiger partial charge in [0.25, 0.3) is 5.91 Å². The smallest absolute Gasteiger partial charge is 0.264 e. The van der Waals surface area contributed by atoms with Crippen LogP contribution >= 0.6 is 0 Å². The molecule has 0 saturated carbocycles. The lowest BCUT2D eigenvalue weighted by atomic mass is 10.1. The molecule has 2 aromatic rings. The van der Waals surface area contributed by atoms with Crippen LogP contribution in [0.5, 0.6) is 5.75 Å². The number of nitriles is 1. The van der Waals surface area contributed by atoms with Crippen molar-refractivity contribution in [2.24, 2.45) is 0 Å². The third kappa shape index (κ3) is 3.08. The van der Waals surface area contributed by atoms with Crippen molar-refractivity contribution in [3.05, 3.63) is 53.7 Å². The maximum absolute atomic E-state index is 12.9. The Labute approximate surface area is 152 Å². The van der Waals surface area contributed by atoms with Crippen LogP contribution in [0.2, 0.25) is 0 Å². The monoisotopic (exact) mass is 348 g/mol. The molecule has 1 unspecified atom stereocenters. The predicted octanol–water partition coefficient (Wildman–Crippen LogP) is 2.00. The number of ether oxygens (including phenoxy) is 1. The molecule has 2 aliphatic heterocycles. The fraction of sp³-hybridized carbons (Fsp3) is 0.350. The first-order valence-corrected chi connectivity index (χ1v) is 8.89. The number of hydrogen-bond donors (Lipinski definition) is 0. The maximum atomic E-state index is 12.9. The van der Waals surface area contributed by atoms with Crippen LogP contribution < -0.4 is 9.64 Å². The van der Waals surface area contributed by atoms with Crippen LogP contribution in [-0.2, 0) is 11.2 Å². The number of pyridine rings is 1. The quantitative estimate of drug-likeness (QED) is 0.830. The molecule has 3 heterocycles. The number of amides is 1. The highest BCUT2D eigenvalue weighted by Gasteiger charge is 2.33. The van der Waals surface area contributed by atoms with E-state index in [0.717, 1.165) is 24.3 Å². The minimum absolute atomic E-state index is 0.0459. The lowest BCUT2D eigenvalue weighted by Gasteiger charge is -2.25. The molecule has 132 valence electrons. The molecule has 1 saturated heterocycles. The second-order valence-corrected chi connectivity index (χ2v) is 6.57. The average molecular weight is 348 g/mol. The van der Waals surface area contributed by atoms with Crippen LogP contribution in [0.4, 0.5) is 5.82 Å². The molecule has 0 radical (unpaired) electrons. The van der Waals surface area contributed by atoms with Crippen molar-refractivity contribution < 1.29 is 9.53 Å². The highest BCUT2D eigenvalue weighted by atomic mass is 16.5. The van der Waals surface area contributed by atoms with Gasteiger partial charge in [0.15, 0.2) is 6.10 Å². The second-order valence-electron chi connectivity index (χ2n) is 6.57. The Kier molecular flexibility index (Phi) is 4.44. The van der Waals surface area contributed by atoms with Crippen molar-refractivity contribution in [1.82, 2.24) is 9.88 Å². The van der Waals surface area contributed by atoms with Crippen molar-refractivity contribution in [2.45, 2.75) is 18.9 Å². The first-order chi connectivity index (χ1) is 12.8. The van der Waals surface area contributed by atoms with Crippen molar-refractivity contribution >= 4 is 11.7 Å². The molecule has 1 fully saturated rings. The molecule has 1 aromatic carbocycles. The first kappa shape index (κ1) is 16.4. The van der Waals surface area contributed by atoms with Gasteiger partial charge in [-0.15, -0.1) is 0 Å². The summed E-state index contributed by atoms with van der Waals surface area (Å²) in [6, 6.07) is 13.6. The van der Waals surface area contributed by atoms with Crippen molar-refractivity contribution in [1.29, 1.82) is 5.26 Å². The third-order valence-corrected chi connectivity index (χ3v) is 4.94. The predicted molar refractivity (Wildman–Crippen MR) is 96.9 cm³/mol. The molecule has 0 aliphatic carbocycles. The zero-order valence-electron chi connectivity index (χ0n) is 14.5. The Morgan fingerprint density at radius 1 is 1.15 bits per heavy atom. The number of benzene rings is 1. The van der Waals surface area contributed by atoms with Gasteiger partial charge in [-0.05, 0) is 30.2 Å². The van der Waals surface area contributed by atoms with Crippen molar-refractivity contribution in [3.63, 3.8) is 0 Å². The van der Waals surface area contributed by atoms with E-state index in [1.54, 1.807) is 18.3 Å². The van der Waals surface area contributed by atoms with E-state index >= 15 is 0 Å². The van der Waals surface area contributed by atoms with Gasteiger partial charge in [-0.2, -0.15) is 5.26 Å². The van der Waals surface area contributed by atoms with E-state index in [1.807, 2.05) is 29.2 Å². The molecule has 6 heteroatoms. The number of carbonyl (C=O) groups excluding carboxylic acids is 1. The van der Waals surface area contributed by atoms with Crippen LogP contribution in [-0.4, -0.2) is 48.1 Å². The standard InChI is InChI=1S/C20H20N4O2/c21-14-16-6-3-8-22-19(16)23-9-4-10-24(12-11-23)20(25)18-13-15-5-1-2-7-17(15)26-18/h1-3,5-8,18H,4,9-13H2. The number of nitrogens with zero attached hydrogens (tertiary/aromatic N) is 4. The van der Waals surface area contributed by atoms with E-state index in [-0.39, 0.29) is 5.91 Å². The van der Waals surface area contributed by atoms with E-state index in [0.29, 0.717) is 37.4 Å². The topological polar surface area (TPSA) is 69.5 Å². The summed E-state index contributed by atoms with van der Waals surface area (Å²) >= 11 is 0. The molecular weight excluding hydrogens is 328 g/mol. The zero-order valence-corrected chi connectivity index (χ0v) is 14.5. The van der Waals surface area contributed by atoms with Gasteiger partial charge in [0.2, 0.25) is 0 Å². The van der Waals surface area contributed by atoms with Crippen LogP contribution in [0.1, 0.15) is 17.5 Å². The molecule has 0 bridgehead atoms. The summed E-state index contributed by atoms with van der Waals surface area (Å²) in [5, 5.41) is 9.29. The summed E-state index contributed by atoms with van der Waals surface area (Å²) in [5.74, 6) is 1.56. The minimum atomic E-state index is -0.427. The van der Waals surface area contributed by atoms with Crippen molar-refractivity contribution in [3.8, 4) is 11.8 Å². The lowest BCUT2D eigenvalue weighted by Crippen LogP contribution is -2.43. The number of para-hydroxylation sites is 1. The fourth-order valence-electron chi connectivity index (χ4n) is 3.61. The van der Waals surface area contributed by atoms with E-state index in [4.69, 9.17) is 4.74 Å². The number of hydrogen-bond acceptors (Lipinski definition) is 5. The Balaban J connectivity index is 1.43. The van der Waals surface area contributed by atoms with E-state index in [1.165, 1.54) is 0 Å². The normalized spacial score (nSPS) is 19.3. The number of carbonyl (C=O) groups is 1. The SMILES string of the molecule is N#Cc1cccnc1N1CCCN(C(=O)C2Cc3ccccc3O2)CC1. The highest BCUT2D eigenvalue weighted by Crippen LogP contribution is 2.29. The first-order valence-electron chi connectivity index (χ1n) is 8.89. The summed E-state index contributed by atoms with van der Waals surface area (Å²) in [7, 11) is 0. The number of rotatable bonds is 2. The molecule has 1 atom stereocenters. The van der Waals surface area contributed by atoms with Crippen LogP contribution in [0.25, 0.3) is 0 Å². The van der Waals surface area contributed by atoms with E-state index in [9.17, 15) is 10.1 Å². The molecule has 0 spiro atoms. The summed E-state index contributed by atoms with van der Waals surface area (Å²) in [4.78, 5) is 21.2. The summed E-state index contributed by atoms with van der Waals surface area (Å²) < 4.78 is 5.85. The summed E-state index contributed by atoms with van der Waals surface area (Å²) in [6.45, 7) is 2.75. The lowest BCUT2D eigenvalue weighted by molar-refractivity contribution is -0.137. The molecule has 0 N–H and O–H groups in total. The van der Waals surface area contributed by atoms with Gasteiger partial charge >= 0.3 is 0 Å². The van der Waals surface area contributed by atoms with Gasteiger partial charge in [-0.25, -0.2) is 4.98 Å². The molecule has 26 heavy (non-hydrogen) atoms. The summed E-state index contributed by atoms with van der Waals surface area (Å²) in [5.41, 5.74) is 1.66. The number of aromatic nitrogens is 1. The Hall–Kier alpha value is -3.07. The largest absolute Gasteiger partial charge is 0.480 e. The van der Waals surface area contributed by atoms with Gasteiger partial charge in [-0.1, -0.05) is 18.2 Å². The molecule has 4 rings (SSSR count). The van der Waals surface area contributed by atoms with Crippen LogP contribution in [0.15, 0.2) is 42.6 Å². The van der Waals surface area contributed by atoms with Gasteiger partial charge in [-0.3, -0.25) is 4.79 Å². The summed E-state index contributed by atoms with van der Waals surface area (Å²) in [6.07, 6.45) is 2.75. The van der Waals surface area contributed by atoms with Crippen LogP contribution in [0.3, 0.4) is 0 Å². The third-order valence-electron chi connectivity index (χ3n) is 4.94. The number of fused-ring (bicyclic) bond motifs is 1. The molecule has 1 aromatic heterocycles. The van der Waals surface area contributed by atoms with Gasteiger partial charge in [0.05, 0.1) is 5.56 Å². The Morgan fingerprint density at radius 2 is 2.04 bits per heavy atom. The second kappa shape index (κ2) is 7.04. The number of anilines is 1. The van der Waals surface area contributed by atoms with Crippen LogP contribution in [0, 0.1) is 11.3 Å². The van der Waals surface area contributed by atoms with Gasteiger partial charge in [0.1, 0.15) is 17.6 Å². The van der Waals surface area contributed by atoms with Gasteiger partial charge in [0, 0.05) is 38.8 Å². The molecule has 6 nitrogen and oxygen atoms in total. The fourth-order valence-corrected chi connectivity index (χ4v) is 3.61. The van der Waals surface area contributed by atoms with E-state index in [2.05, 4.69) is 16.0 Å². The highest BCUT2D eigenvalue weighted by molar-refractivity contribution is 5.82.